The Morgan fingerprint density at radius 2 is 1.57 bits per heavy atom. The van der Waals surface area contributed by atoms with E-state index in [0.717, 1.165) is 25.2 Å². The molecular weight excluding hydrogens is 305 g/mol. The predicted octanol–water partition coefficient (Wildman–Crippen LogP) is 5.40. The lowest BCUT2D eigenvalue weighted by Gasteiger charge is -2.28. The topological polar surface area (TPSA) is 26.3 Å². The molecule has 1 aromatic carbocycles. The van der Waals surface area contributed by atoms with E-state index in [1.165, 1.54) is 25.7 Å². The number of carbonyl (C=O) groups is 1. The van der Waals surface area contributed by atoms with Crippen molar-refractivity contribution in [2.24, 2.45) is 11.8 Å². The normalized spacial score (nSPS) is 21.2. The van der Waals surface area contributed by atoms with E-state index in [2.05, 4.69) is 6.92 Å². The van der Waals surface area contributed by atoms with Crippen molar-refractivity contribution in [2.45, 2.75) is 58.3 Å². The second-order valence-corrected chi connectivity index (χ2v) is 6.39. The van der Waals surface area contributed by atoms with Gasteiger partial charge < -0.3 is 4.74 Å². The van der Waals surface area contributed by atoms with Crippen LogP contribution in [0.25, 0.3) is 0 Å². The van der Waals surface area contributed by atoms with Crippen LogP contribution in [-0.4, -0.2) is 5.97 Å². The van der Waals surface area contributed by atoms with Crippen LogP contribution in [0.2, 0.25) is 0 Å². The highest BCUT2D eigenvalue weighted by atomic mass is 19.2. The highest BCUT2D eigenvalue weighted by Gasteiger charge is 2.21. The first kappa shape index (κ1) is 17.8. The summed E-state index contributed by atoms with van der Waals surface area (Å²) in [5, 5.41) is 0. The summed E-state index contributed by atoms with van der Waals surface area (Å²) in [7, 11) is 0. The maximum atomic E-state index is 13.1. The monoisotopic (exact) mass is 328 g/mol. The van der Waals surface area contributed by atoms with Gasteiger partial charge in [-0.1, -0.05) is 45.4 Å². The molecule has 0 spiro atoms. The van der Waals surface area contributed by atoms with E-state index in [4.69, 9.17) is 4.74 Å². The van der Waals surface area contributed by atoms with E-state index < -0.39 is 23.4 Å². The zero-order chi connectivity index (χ0) is 16.8. The average Bonchev–Trinajstić information content (AvgIpc) is 2.52. The third-order valence-electron chi connectivity index (χ3n) is 4.61. The fourth-order valence-corrected chi connectivity index (χ4v) is 3.31. The molecule has 0 aromatic heterocycles. The van der Waals surface area contributed by atoms with Crippen molar-refractivity contribution >= 4 is 5.97 Å². The van der Waals surface area contributed by atoms with Crippen LogP contribution in [0.1, 0.15) is 58.3 Å². The molecule has 1 fully saturated rings. The van der Waals surface area contributed by atoms with Gasteiger partial charge in [-0.25, -0.2) is 13.2 Å². The molecule has 1 saturated carbocycles. The van der Waals surface area contributed by atoms with Gasteiger partial charge in [-0.2, -0.15) is 0 Å². The van der Waals surface area contributed by atoms with Gasteiger partial charge >= 0.3 is 5.97 Å². The summed E-state index contributed by atoms with van der Waals surface area (Å²) < 4.78 is 43.9. The van der Waals surface area contributed by atoms with Gasteiger partial charge in [0.1, 0.15) is 5.75 Å². The van der Waals surface area contributed by atoms with Gasteiger partial charge in [0.25, 0.3) is 0 Å². The minimum Gasteiger partial charge on any atom is -0.426 e. The molecular formula is C18H23F3O2. The van der Waals surface area contributed by atoms with Crippen molar-refractivity contribution in [2.75, 3.05) is 0 Å². The molecule has 0 unspecified atom stereocenters. The largest absolute Gasteiger partial charge is 0.426 e. The van der Waals surface area contributed by atoms with Gasteiger partial charge in [-0.15, -0.1) is 0 Å². The SMILES string of the molecule is CCCC1CCC(CCC(=O)Oc2cc(F)c(F)c(F)c2)CC1. The Balaban J connectivity index is 1.76. The first-order chi connectivity index (χ1) is 11.0. The van der Waals surface area contributed by atoms with Crippen molar-refractivity contribution in [3.63, 3.8) is 0 Å². The van der Waals surface area contributed by atoms with Crippen LogP contribution < -0.4 is 4.74 Å². The molecule has 0 bridgehead atoms. The lowest BCUT2D eigenvalue weighted by Crippen LogP contribution is -2.17. The zero-order valence-electron chi connectivity index (χ0n) is 13.4. The van der Waals surface area contributed by atoms with Gasteiger partial charge in [-0.05, 0) is 18.3 Å². The summed E-state index contributed by atoms with van der Waals surface area (Å²) >= 11 is 0. The summed E-state index contributed by atoms with van der Waals surface area (Å²) in [6.07, 6.45) is 8.09. The maximum absolute atomic E-state index is 13.1. The molecule has 1 aliphatic carbocycles. The second kappa shape index (κ2) is 8.37. The van der Waals surface area contributed by atoms with Gasteiger partial charge in [0.15, 0.2) is 17.5 Å². The first-order valence-corrected chi connectivity index (χ1v) is 8.34. The zero-order valence-corrected chi connectivity index (χ0v) is 13.4. The number of carbonyl (C=O) groups excluding carboxylic acids is 1. The first-order valence-electron chi connectivity index (χ1n) is 8.34. The molecule has 23 heavy (non-hydrogen) atoms. The molecule has 0 heterocycles. The lowest BCUT2D eigenvalue weighted by atomic mass is 9.78. The Morgan fingerprint density at radius 1 is 1.04 bits per heavy atom. The third-order valence-corrected chi connectivity index (χ3v) is 4.61. The molecule has 2 nitrogen and oxygen atoms in total. The van der Waals surface area contributed by atoms with Gasteiger partial charge in [-0.3, -0.25) is 4.79 Å². The molecule has 1 aromatic rings. The van der Waals surface area contributed by atoms with E-state index in [1.54, 1.807) is 0 Å². The number of benzene rings is 1. The fraction of sp³-hybridized carbons (Fsp3) is 0.611. The minimum atomic E-state index is -1.56. The molecule has 0 amide bonds. The van der Waals surface area contributed by atoms with Crippen LogP contribution in [0.3, 0.4) is 0 Å². The van der Waals surface area contributed by atoms with Crippen molar-refractivity contribution in [3.8, 4) is 5.75 Å². The number of halogens is 3. The summed E-state index contributed by atoms with van der Waals surface area (Å²) in [6, 6.07) is 1.37. The van der Waals surface area contributed by atoms with E-state index >= 15 is 0 Å². The molecule has 1 aliphatic rings. The van der Waals surface area contributed by atoms with Crippen LogP contribution in [0.4, 0.5) is 13.2 Å². The molecule has 128 valence electrons. The van der Waals surface area contributed by atoms with E-state index in [1.807, 2.05) is 0 Å². The van der Waals surface area contributed by atoms with Crippen LogP contribution in [-0.2, 0) is 4.79 Å². The van der Waals surface area contributed by atoms with Crippen molar-refractivity contribution in [3.05, 3.63) is 29.6 Å². The average molecular weight is 328 g/mol. The molecule has 0 N–H and O–H groups in total. The quantitative estimate of drug-likeness (QED) is 0.397. The Kier molecular flexibility index (Phi) is 6.48. The van der Waals surface area contributed by atoms with E-state index in [0.29, 0.717) is 18.1 Å². The second-order valence-electron chi connectivity index (χ2n) is 6.39. The number of esters is 1. The fourth-order valence-electron chi connectivity index (χ4n) is 3.31. The van der Waals surface area contributed by atoms with Crippen molar-refractivity contribution in [1.82, 2.24) is 0 Å². The molecule has 0 atom stereocenters. The highest BCUT2D eigenvalue weighted by molar-refractivity contribution is 5.72. The predicted molar refractivity (Wildman–Crippen MR) is 81.5 cm³/mol. The highest BCUT2D eigenvalue weighted by Crippen LogP contribution is 2.33. The van der Waals surface area contributed by atoms with Crippen LogP contribution in [0, 0.1) is 29.3 Å². The Morgan fingerprint density at radius 3 is 2.09 bits per heavy atom. The number of ether oxygens (including phenoxy) is 1. The van der Waals surface area contributed by atoms with E-state index in [9.17, 15) is 18.0 Å². The molecule has 0 saturated heterocycles. The number of hydrogen-bond donors (Lipinski definition) is 0. The van der Waals surface area contributed by atoms with Crippen LogP contribution in [0.5, 0.6) is 5.75 Å². The molecule has 0 radical (unpaired) electrons. The summed E-state index contributed by atoms with van der Waals surface area (Å²) in [5.74, 6) is -3.78. The molecule has 5 heteroatoms. The summed E-state index contributed by atoms with van der Waals surface area (Å²) in [4.78, 5) is 11.8. The lowest BCUT2D eigenvalue weighted by molar-refractivity contribution is -0.134. The molecule has 0 aliphatic heterocycles. The van der Waals surface area contributed by atoms with Crippen molar-refractivity contribution < 1.29 is 22.7 Å². The van der Waals surface area contributed by atoms with Crippen molar-refractivity contribution in [1.29, 1.82) is 0 Å². The summed E-state index contributed by atoms with van der Waals surface area (Å²) in [6.45, 7) is 2.20. The summed E-state index contributed by atoms with van der Waals surface area (Å²) in [5.41, 5.74) is 0. The third kappa shape index (κ3) is 5.26. The molecule has 2 rings (SSSR count). The standard InChI is InChI=1S/C18H23F3O2/c1-2-3-12-4-6-13(7-5-12)8-9-17(22)23-14-10-15(19)18(21)16(20)11-14/h10-13H,2-9H2,1H3. The van der Waals surface area contributed by atoms with Crippen LogP contribution >= 0.6 is 0 Å². The van der Waals surface area contributed by atoms with Crippen LogP contribution in [0.15, 0.2) is 12.1 Å². The number of rotatable bonds is 6. The minimum absolute atomic E-state index is 0.212. The maximum Gasteiger partial charge on any atom is 0.311 e. The smallest absolute Gasteiger partial charge is 0.311 e. The van der Waals surface area contributed by atoms with Gasteiger partial charge in [0, 0.05) is 18.6 Å². The van der Waals surface area contributed by atoms with Gasteiger partial charge in [0.05, 0.1) is 0 Å². The Hall–Kier alpha value is -1.52. The number of hydrogen-bond acceptors (Lipinski definition) is 2. The Bertz CT molecular complexity index is 514. The van der Waals surface area contributed by atoms with E-state index in [-0.39, 0.29) is 12.2 Å². The van der Waals surface area contributed by atoms with Gasteiger partial charge in [0.2, 0.25) is 0 Å². The Labute approximate surface area is 135 Å².